The second-order valence-corrected chi connectivity index (χ2v) is 6.68. The molecule has 1 amide bonds. The van der Waals surface area contributed by atoms with Crippen LogP contribution in [0.2, 0.25) is 0 Å². The van der Waals surface area contributed by atoms with Gasteiger partial charge < -0.3 is 10.2 Å². The first-order valence-electron chi connectivity index (χ1n) is 8.82. The lowest BCUT2D eigenvalue weighted by Crippen LogP contribution is -2.17. The van der Waals surface area contributed by atoms with Crippen LogP contribution in [0, 0.1) is 13.8 Å². The topological polar surface area (TPSA) is 45.2 Å². The molecule has 0 radical (unpaired) electrons. The van der Waals surface area contributed by atoms with E-state index in [1.807, 2.05) is 43.3 Å². The Hall–Kier alpha value is -3.14. The van der Waals surface area contributed by atoms with Gasteiger partial charge >= 0.3 is 0 Å². The maximum Gasteiger partial charge on any atom is 0.274 e. The van der Waals surface area contributed by atoms with Crippen LogP contribution in [-0.2, 0) is 6.42 Å². The van der Waals surface area contributed by atoms with Crippen molar-refractivity contribution in [2.45, 2.75) is 20.3 Å². The van der Waals surface area contributed by atoms with E-state index in [1.165, 1.54) is 16.8 Å². The summed E-state index contributed by atoms with van der Waals surface area (Å²) < 4.78 is 0. The van der Waals surface area contributed by atoms with Crippen LogP contribution in [0.15, 0.2) is 60.8 Å². The molecule has 0 atom stereocenters. The molecule has 0 unspecified atom stereocenters. The number of fused-ring (bicyclic) bond motifs is 1. The van der Waals surface area contributed by atoms with Crippen molar-refractivity contribution in [3.8, 4) is 0 Å². The summed E-state index contributed by atoms with van der Waals surface area (Å²) in [5.74, 6) is -0.192. The number of anilines is 3. The summed E-state index contributed by atoms with van der Waals surface area (Å²) >= 11 is 0. The molecular formula is C22H21N3O. The molecule has 3 aromatic rings. The van der Waals surface area contributed by atoms with Crippen molar-refractivity contribution in [3.63, 3.8) is 0 Å². The van der Waals surface area contributed by atoms with Crippen LogP contribution in [0.3, 0.4) is 0 Å². The van der Waals surface area contributed by atoms with Crippen LogP contribution in [0.25, 0.3) is 0 Å². The summed E-state index contributed by atoms with van der Waals surface area (Å²) in [5, 5.41) is 2.94. The quantitative estimate of drug-likeness (QED) is 0.753. The summed E-state index contributed by atoms with van der Waals surface area (Å²) in [7, 11) is 0. The number of carbonyl (C=O) groups excluding carboxylic acids is 1. The third-order valence-electron chi connectivity index (χ3n) is 4.94. The number of carbonyl (C=O) groups is 1. The molecule has 2 aromatic carbocycles. The zero-order chi connectivity index (χ0) is 18.1. The van der Waals surface area contributed by atoms with E-state index in [4.69, 9.17) is 0 Å². The average molecular weight is 343 g/mol. The Morgan fingerprint density at radius 2 is 1.88 bits per heavy atom. The van der Waals surface area contributed by atoms with Gasteiger partial charge in [0.05, 0.1) is 0 Å². The molecule has 0 spiro atoms. The van der Waals surface area contributed by atoms with Crippen LogP contribution in [-0.4, -0.2) is 17.4 Å². The number of hydrogen-bond acceptors (Lipinski definition) is 3. The standard InChI is InChI=1S/C22H21N3O/c1-15-7-8-18(13-16(15)2)24-22(26)20-14-19(9-11-23-20)25-12-10-17-5-3-4-6-21(17)25/h3-9,11,13-14H,10,12H2,1-2H3,(H,24,26). The molecular weight excluding hydrogens is 322 g/mol. The highest BCUT2D eigenvalue weighted by molar-refractivity contribution is 6.03. The molecule has 0 fully saturated rings. The first kappa shape index (κ1) is 16.3. The van der Waals surface area contributed by atoms with Gasteiger partial charge in [-0.3, -0.25) is 9.78 Å². The Morgan fingerprint density at radius 3 is 2.73 bits per heavy atom. The van der Waals surface area contributed by atoms with Gasteiger partial charge in [0, 0.05) is 29.8 Å². The minimum Gasteiger partial charge on any atom is -0.341 e. The molecule has 1 aliphatic heterocycles. The summed E-state index contributed by atoms with van der Waals surface area (Å²) in [6, 6.07) is 18.1. The number of nitrogens with one attached hydrogen (secondary N) is 1. The van der Waals surface area contributed by atoms with E-state index >= 15 is 0 Å². The van der Waals surface area contributed by atoms with Crippen LogP contribution in [0.1, 0.15) is 27.2 Å². The molecule has 1 aliphatic rings. The molecule has 0 bridgehead atoms. The lowest BCUT2D eigenvalue weighted by Gasteiger charge is -2.20. The minimum atomic E-state index is -0.192. The Labute approximate surface area is 153 Å². The van der Waals surface area contributed by atoms with Crippen LogP contribution < -0.4 is 10.2 Å². The number of amides is 1. The second kappa shape index (κ2) is 6.64. The summed E-state index contributed by atoms with van der Waals surface area (Å²) in [6.45, 7) is 5.01. The Morgan fingerprint density at radius 1 is 1.04 bits per heavy atom. The van der Waals surface area contributed by atoms with Gasteiger partial charge in [-0.15, -0.1) is 0 Å². The van der Waals surface area contributed by atoms with E-state index in [2.05, 4.69) is 40.3 Å². The third-order valence-corrected chi connectivity index (χ3v) is 4.94. The molecule has 130 valence electrons. The number of benzene rings is 2. The predicted molar refractivity (Wildman–Crippen MR) is 105 cm³/mol. The fourth-order valence-electron chi connectivity index (χ4n) is 3.33. The zero-order valence-corrected chi connectivity index (χ0v) is 15.0. The molecule has 0 saturated carbocycles. The molecule has 0 saturated heterocycles. The normalized spacial score (nSPS) is 12.8. The maximum atomic E-state index is 12.6. The number of hydrogen-bond donors (Lipinski definition) is 1. The summed E-state index contributed by atoms with van der Waals surface area (Å²) in [4.78, 5) is 19.1. The van der Waals surface area contributed by atoms with E-state index < -0.39 is 0 Å². The Balaban J connectivity index is 1.58. The van der Waals surface area contributed by atoms with E-state index in [0.29, 0.717) is 5.69 Å². The molecule has 0 aliphatic carbocycles. The highest BCUT2D eigenvalue weighted by Crippen LogP contribution is 2.34. The zero-order valence-electron chi connectivity index (χ0n) is 15.0. The van der Waals surface area contributed by atoms with Crippen molar-refractivity contribution >= 4 is 23.0 Å². The average Bonchev–Trinajstić information content (AvgIpc) is 3.09. The largest absolute Gasteiger partial charge is 0.341 e. The van der Waals surface area contributed by atoms with Crippen LogP contribution in [0.4, 0.5) is 17.1 Å². The smallest absolute Gasteiger partial charge is 0.274 e. The molecule has 4 heteroatoms. The lowest BCUT2D eigenvalue weighted by molar-refractivity contribution is 0.102. The van der Waals surface area contributed by atoms with Crippen LogP contribution >= 0.6 is 0 Å². The predicted octanol–water partition coefficient (Wildman–Crippen LogP) is 4.64. The van der Waals surface area contributed by atoms with Gasteiger partial charge in [-0.25, -0.2) is 0 Å². The van der Waals surface area contributed by atoms with Gasteiger partial charge in [0.1, 0.15) is 5.69 Å². The first-order chi connectivity index (χ1) is 12.6. The van der Waals surface area contributed by atoms with Crippen molar-refractivity contribution in [2.75, 3.05) is 16.8 Å². The molecule has 1 N–H and O–H groups in total. The minimum absolute atomic E-state index is 0.192. The summed E-state index contributed by atoms with van der Waals surface area (Å²) in [5.41, 5.74) is 7.11. The number of aryl methyl sites for hydroxylation is 2. The molecule has 2 heterocycles. The van der Waals surface area contributed by atoms with Crippen molar-refractivity contribution in [2.24, 2.45) is 0 Å². The van der Waals surface area contributed by atoms with Crippen molar-refractivity contribution in [1.29, 1.82) is 0 Å². The SMILES string of the molecule is Cc1ccc(NC(=O)c2cc(N3CCc4ccccc43)ccn2)cc1C. The monoisotopic (exact) mass is 343 g/mol. The van der Waals surface area contributed by atoms with Gasteiger partial charge in [-0.1, -0.05) is 24.3 Å². The lowest BCUT2D eigenvalue weighted by atomic mass is 10.1. The highest BCUT2D eigenvalue weighted by atomic mass is 16.1. The summed E-state index contributed by atoms with van der Waals surface area (Å²) in [6.07, 6.45) is 2.72. The molecule has 4 rings (SSSR count). The van der Waals surface area contributed by atoms with E-state index in [1.54, 1.807) is 6.20 Å². The maximum absolute atomic E-state index is 12.6. The fraction of sp³-hybridized carbons (Fsp3) is 0.182. The first-order valence-corrected chi connectivity index (χ1v) is 8.82. The van der Waals surface area contributed by atoms with Crippen LogP contribution in [0.5, 0.6) is 0 Å². The number of para-hydroxylation sites is 1. The molecule has 4 nitrogen and oxygen atoms in total. The number of rotatable bonds is 3. The van der Waals surface area contributed by atoms with Gasteiger partial charge in [-0.2, -0.15) is 0 Å². The molecule has 1 aromatic heterocycles. The number of pyridine rings is 1. The van der Waals surface area contributed by atoms with E-state index in [9.17, 15) is 4.79 Å². The van der Waals surface area contributed by atoms with Crippen molar-refractivity contribution in [1.82, 2.24) is 4.98 Å². The van der Waals surface area contributed by atoms with Crippen molar-refractivity contribution < 1.29 is 4.79 Å². The Bertz CT molecular complexity index is 981. The highest BCUT2D eigenvalue weighted by Gasteiger charge is 2.20. The van der Waals surface area contributed by atoms with E-state index in [-0.39, 0.29) is 5.91 Å². The van der Waals surface area contributed by atoms with Gasteiger partial charge in [0.2, 0.25) is 0 Å². The number of aromatic nitrogens is 1. The van der Waals surface area contributed by atoms with Crippen molar-refractivity contribution in [3.05, 3.63) is 83.2 Å². The third kappa shape index (κ3) is 3.06. The van der Waals surface area contributed by atoms with Gasteiger partial charge in [0.15, 0.2) is 0 Å². The second-order valence-electron chi connectivity index (χ2n) is 6.68. The van der Waals surface area contributed by atoms with E-state index in [0.717, 1.165) is 29.9 Å². The number of nitrogens with zero attached hydrogens (tertiary/aromatic N) is 2. The Kier molecular flexibility index (Phi) is 4.17. The fourth-order valence-corrected chi connectivity index (χ4v) is 3.33. The van der Waals surface area contributed by atoms with Gasteiger partial charge in [0.25, 0.3) is 5.91 Å². The molecule has 26 heavy (non-hydrogen) atoms. The van der Waals surface area contributed by atoms with Gasteiger partial charge in [-0.05, 0) is 67.3 Å².